The molecule has 1 aromatic carbocycles. The summed E-state index contributed by atoms with van der Waals surface area (Å²) in [5, 5.41) is 2.41. The zero-order chi connectivity index (χ0) is 16.7. The average Bonchev–Trinajstić information content (AvgIpc) is 3.16. The normalized spacial score (nSPS) is 26.5. The molecule has 0 aliphatic carbocycles. The molecule has 3 aliphatic rings. The van der Waals surface area contributed by atoms with E-state index in [9.17, 15) is 9.59 Å². The summed E-state index contributed by atoms with van der Waals surface area (Å²) in [7, 11) is 0. The highest BCUT2D eigenvalue weighted by Gasteiger charge is 2.36. The molecule has 3 aliphatic heterocycles. The highest BCUT2D eigenvalue weighted by Crippen LogP contribution is 2.37. The molecule has 24 heavy (non-hydrogen) atoms. The third-order valence-corrected chi connectivity index (χ3v) is 4.85. The number of rotatable bonds is 3. The molecule has 2 amide bonds. The van der Waals surface area contributed by atoms with E-state index in [1.807, 2.05) is 23.1 Å². The highest BCUT2D eigenvalue weighted by molar-refractivity contribution is 6.01. The minimum atomic E-state index is -0.338. The molecule has 126 valence electrons. The molecule has 2 saturated heterocycles. The van der Waals surface area contributed by atoms with Crippen molar-refractivity contribution in [1.82, 2.24) is 10.2 Å². The van der Waals surface area contributed by atoms with Gasteiger partial charge in [-0.1, -0.05) is 6.58 Å². The lowest BCUT2D eigenvalue weighted by Gasteiger charge is -2.31. The molecule has 0 bridgehead atoms. The molecule has 1 aromatic rings. The summed E-state index contributed by atoms with van der Waals surface area (Å²) in [5.74, 6) is 0.384. The summed E-state index contributed by atoms with van der Waals surface area (Å²) in [4.78, 5) is 25.5. The van der Waals surface area contributed by atoms with Crippen molar-refractivity contribution in [2.45, 2.75) is 38.0 Å². The van der Waals surface area contributed by atoms with E-state index >= 15 is 0 Å². The number of hydrogen-bond donors (Lipinski definition) is 1. The van der Waals surface area contributed by atoms with Crippen LogP contribution in [-0.4, -0.2) is 42.1 Å². The van der Waals surface area contributed by atoms with Crippen LogP contribution in [0.2, 0.25) is 0 Å². The van der Waals surface area contributed by atoms with Gasteiger partial charge < -0.3 is 14.4 Å². The van der Waals surface area contributed by atoms with Gasteiger partial charge in [0.2, 0.25) is 11.8 Å². The number of nitrogens with zero attached hydrogens (tertiary/aromatic N) is 1. The van der Waals surface area contributed by atoms with E-state index in [1.165, 1.54) is 0 Å². The number of ether oxygens (including phenoxy) is 2. The number of piperidine rings is 1. The smallest absolute Gasteiger partial charge is 0.249 e. The van der Waals surface area contributed by atoms with Gasteiger partial charge in [0.25, 0.3) is 0 Å². The molecule has 2 fully saturated rings. The van der Waals surface area contributed by atoms with Gasteiger partial charge in [-0.2, -0.15) is 0 Å². The minimum absolute atomic E-state index is 0.110. The van der Waals surface area contributed by atoms with Crippen molar-refractivity contribution in [1.29, 1.82) is 0 Å². The Balaban J connectivity index is 1.51. The first-order valence-electron chi connectivity index (χ1n) is 8.29. The number of hydrogen-bond acceptors (Lipinski definition) is 5. The van der Waals surface area contributed by atoms with Crippen molar-refractivity contribution in [3.63, 3.8) is 0 Å². The van der Waals surface area contributed by atoms with Gasteiger partial charge in [0.15, 0.2) is 0 Å². The second-order valence-electron chi connectivity index (χ2n) is 6.46. The highest BCUT2D eigenvalue weighted by atomic mass is 16.5. The van der Waals surface area contributed by atoms with E-state index in [2.05, 4.69) is 11.9 Å². The molecule has 1 N–H and O–H groups in total. The SMILES string of the molecule is C=C1c2ccc(OC3CCOC3)cc2CN1C1CCC(=O)NC1=O. The summed E-state index contributed by atoms with van der Waals surface area (Å²) in [5.41, 5.74) is 2.96. The monoisotopic (exact) mass is 328 g/mol. The van der Waals surface area contributed by atoms with E-state index < -0.39 is 0 Å². The average molecular weight is 328 g/mol. The largest absolute Gasteiger partial charge is 0.488 e. The molecular weight excluding hydrogens is 308 g/mol. The number of amides is 2. The fourth-order valence-electron chi connectivity index (χ4n) is 3.57. The number of imide groups is 1. The van der Waals surface area contributed by atoms with Crippen LogP contribution in [0.5, 0.6) is 5.75 Å². The maximum absolute atomic E-state index is 12.1. The fourth-order valence-corrected chi connectivity index (χ4v) is 3.57. The Kier molecular flexibility index (Phi) is 3.76. The molecule has 3 heterocycles. The zero-order valence-electron chi connectivity index (χ0n) is 13.4. The lowest BCUT2D eigenvalue weighted by Crippen LogP contribution is -2.50. The van der Waals surface area contributed by atoms with Crippen LogP contribution in [0.15, 0.2) is 24.8 Å². The Morgan fingerprint density at radius 3 is 2.92 bits per heavy atom. The van der Waals surface area contributed by atoms with Gasteiger partial charge in [0.05, 0.1) is 13.2 Å². The molecule has 0 spiro atoms. The van der Waals surface area contributed by atoms with Crippen molar-refractivity contribution >= 4 is 17.5 Å². The van der Waals surface area contributed by atoms with Crippen molar-refractivity contribution in [2.75, 3.05) is 13.2 Å². The van der Waals surface area contributed by atoms with Crippen LogP contribution in [-0.2, 0) is 20.9 Å². The first kappa shape index (κ1) is 15.2. The second kappa shape index (κ2) is 5.94. The van der Waals surface area contributed by atoms with E-state index in [0.717, 1.165) is 35.6 Å². The van der Waals surface area contributed by atoms with Crippen molar-refractivity contribution in [3.8, 4) is 5.75 Å². The van der Waals surface area contributed by atoms with Gasteiger partial charge in [-0.15, -0.1) is 0 Å². The number of nitrogens with one attached hydrogen (secondary N) is 1. The molecule has 6 heteroatoms. The Bertz CT molecular complexity index is 709. The summed E-state index contributed by atoms with van der Waals surface area (Å²) in [6, 6.07) is 5.62. The minimum Gasteiger partial charge on any atom is -0.488 e. The predicted octanol–water partition coefficient (Wildman–Crippen LogP) is 1.45. The second-order valence-corrected chi connectivity index (χ2v) is 6.46. The molecule has 2 atom stereocenters. The first-order valence-corrected chi connectivity index (χ1v) is 8.29. The Morgan fingerprint density at radius 1 is 1.29 bits per heavy atom. The van der Waals surface area contributed by atoms with Crippen molar-refractivity contribution < 1.29 is 19.1 Å². The van der Waals surface area contributed by atoms with Crippen LogP contribution in [0.3, 0.4) is 0 Å². The maximum Gasteiger partial charge on any atom is 0.249 e. The molecule has 2 unspecified atom stereocenters. The topological polar surface area (TPSA) is 67.9 Å². The van der Waals surface area contributed by atoms with Crippen molar-refractivity contribution in [3.05, 3.63) is 35.9 Å². The fraction of sp³-hybridized carbons (Fsp3) is 0.444. The van der Waals surface area contributed by atoms with Gasteiger partial charge in [-0.25, -0.2) is 0 Å². The number of carbonyl (C=O) groups excluding carboxylic acids is 2. The molecule has 0 saturated carbocycles. The van der Waals surface area contributed by atoms with Crippen LogP contribution >= 0.6 is 0 Å². The number of benzene rings is 1. The maximum atomic E-state index is 12.1. The molecule has 4 rings (SSSR count). The summed E-state index contributed by atoms with van der Waals surface area (Å²) in [6.45, 7) is 6.13. The molecule has 0 aromatic heterocycles. The van der Waals surface area contributed by atoms with Crippen LogP contribution < -0.4 is 10.1 Å². The number of carbonyl (C=O) groups is 2. The van der Waals surface area contributed by atoms with Gasteiger partial charge in [-0.3, -0.25) is 14.9 Å². The van der Waals surface area contributed by atoms with Gasteiger partial charge in [-0.05, 0) is 30.2 Å². The van der Waals surface area contributed by atoms with Crippen LogP contribution in [0.25, 0.3) is 5.70 Å². The van der Waals surface area contributed by atoms with E-state index in [0.29, 0.717) is 26.0 Å². The Morgan fingerprint density at radius 2 is 2.17 bits per heavy atom. The van der Waals surface area contributed by atoms with E-state index in [4.69, 9.17) is 9.47 Å². The Hall–Kier alpha value is -2.34. The van der Waals surface area contributed by atoms with E-state index in [-0.39, 0.29) is 24.0 Å². The zero-order valence-corrected chi connectivity index (χ0v) is 13.4. The van der Waals surface area contributed by atoms with Crippen LogP contribution in [0, 0.1) is 0 Å². The third kappa shape index (κ3) is 2.67. The van der Waals surface area contributed by atoms with Crippen LogP contribution in [0.1, 0.15) is 30.4 Å². The van der Waals surface area contributed by atoms with Crippen LogP contribution in [0.4, 0.5) is 0 Å². The lowest BCUT2D eigenvalue weighted by molar-refractivity contribution is -0.136. The Labute approximate surface area is 140 Å². The predicted molar refractivity (Wildman–Crippen MR) is 87.0 cm³/mol. The number of fused-ring (bicyclic) bond motifs is 1. The molecular formula is C18H20N2O4. The first-order chi connectivity index (χ1) is 11.6. The van der Waals surface area contributed by atoms with Crippen molar-refractivity contribution in [2.24, 2.45) is 0 Å². The van der Waals surface area contributed by atoms with Gasteiger partial charge in [0.1, 0.15) is 17.9 Å². The quantitative estimate of drug-likeness (QED) is 0.851. The third-order valence-electron chi connectivity index (χ3n) is 4.85. The molecule has 0 radical (unpaired) electrons. The summed E-state index contributed by atoms with van der Waals surface area (Å²) in [6.07, 6.45) is 1.91. The lowest BCUT2D eigenvalue weighted by atomic mass is 10.0. The van der Waals surface area contributed by atoms with E-state index in [1.54, 1.807) is 0 Å². The molecule has 6 nitrogen and oxygen atoms in total. The summed E-state index contributed by atoms with van der Waals surface area (Å²) >= 11 is 0. The summed E-state index contributed by atoms with van der Waals surface area (Å²) < 4.78 is 11.3. The van der Waals surface area contributed by atoms with Gasteiger partial charge in [0, 0.05) is 30.6 Å². The standard InChI is InChI=1S/C18H20N2O4/c1-11-15-3-2-13(24-14-6-7-23-10-14)8-12(15)9-20(11)16-4-5-17(21)19-18(16)22/h2-3,8,14,16H,1,4-7,9-10H2,(H,19,21,22). The van der Waals surface area contributed by atoms with Gasteiger partial charge >= 0.3 is 0 Å².